The van der Waals surface area contributed by atoms with Gasteiger partial charge in [0.05, 0.1) is 16.4 Å². The molecule has 0 atom stereocenters. The van der Waals surface area contributed by atoms with E-state index in [0.717, 1.165) is 4.47 Å². The van der Waals surface area contributed by atoms with Gasteiger partial charge in [0.15, 0.2) is 6.61 Å². The number of amides is 1. The number of carbonyl (C=O) groups is 1. The molecule has 6 heteroatoms. The van der Waals surface area contributed by atoms with Crippen molar-refractivity contribution in [3.63, 3.8) is 0 Å². The Balaban J connectivity index is 1.94. The largest absolute Gasteiger partial charge is 0.482 e. The quantitative estimate of drug-likeness (QED) is 0.822. The zero-order valence-corrected chi connectivity index (χ0v) is 12.7. The molecule has 0 bridgehead atoms. The van der Waals surface area contributed by atoms with Crippen molar-refractivity contribution < 1.29 is 9.53 Å². The molecular weight excluding hydrogens is 344 g/mol. The molecule has 0 aliphatic carbocycles. The molecule has 0 heterocycles. The lowest BCUT2D eigenvalue weighted by atomic mass is 10.3. The predicted octanol–water partition coefficient (Wildman–Crippen LogP) is 3.70. The van der Waals surface area contributed by atoms with Crippen LogP contribution in [0.5, 0.6) is 5.75 Å². The van der Waals surface area contributed by atoms with Gasteiger partial charge in [-0.1, -0.05) is 39.7 Å². The summed E-state index contributed by atoms with van der Waals surface area (Å²) in [6.07, 6.45) is 0. The molecule has 1 amide bonds. The van der Waals surface area contributed by atoms with Gasteiger partial charge in [-0.2, -0.15) is 0 Å². The van der Waals surface area contributed by atoms with Crippen LogP contribution in [0.15, 0.2) is 46.9 Å². The number of hydrogen-bond donors (Lipinski definition) is 2. The highest BCUT2D eigenvalue weighted by atomic mass is 79.9. The summed E-state index contributed by atoms with van der Waals surface area (Å²) in [6, 6.07) is 12.2. The molecule has 20 heavy (non-hydrogen) atoms. The van der Waals surface area contributed by atoms with E-state index in [9.17, 15) is 4.79 Å². The van der Waals surface area contributed by atoms with Gasteiger partial charge < -0.3 is 15.8 Å². The van der Waals surface area contributed by atoms with Crippen molar-refractivity contribution in [2.24, 2.45) is 0 Å². The minimum absolute atomic E-state index is 0.142. The Labute approximate surface area is 130 Å². The van der Waals surface area contributed by atoms with Crippen LogP contribution < -0.4 is 15.8 Å². The Morgan fingerprint density at radius 2 is 2.05 bits per heavy atom. The van der Waals surface area contributed by atoms with E-state index in [4.69, 9.17) is 22.1 Å². The first-order valence-electron chi connectivity index (χ1n) is 5.78. The first-order valence-corrected chi connectivity index (χ1v) is 6.95. The fourth-order valence-corrected chi connectivity index (χ4v) is 2.10. The summed E-state index contributed by atoms with van der Waals surface area (Å²) in [5, 5.41) is 3.14. The summed E-state index contributed by atoms with van der Waals surface area (Å²) in [7, 11) is 0. The summed E-state index contributed by atoms with van der Waals surface area (Å²) in [5.74, 6) is 0.155. The van der Waals surface area contributed by atoms with Crippen LogP contribution >= 0.6 is 27.5 Å². The average Bonchev–Trinajstić information content (AvgIpc) is 2.40. The normalized spacial score (nSPS) is 10.1. The van der Waals surface area contributed by atoms with Crippen LogP contribution in [0.4, 0.5) is 11.4 Å². The molecule has 4 nitrogen and oxygen atoms in total. The zero-order valence-electron chi connectivity index (χ0n) is 10.4. The highest BCUT2D eigenvalue weighted by molar-refractivity contribution is 9.10. The summed E-state index contributed by atoms with van der Waals surface area (Å²) >= 11 is 9.25. The predicted molar refractivity (Wildman–Crippen MR) is 84.1 cm³/mol. The number of para-hydroxylation sites is 1. The maximum atomic E-state index is 11.8. The van der Waals surface area contributed by atoms with Crippen molar-refractivity contribution in [1.29, 1.82) is 0 Å². The van der Waals surface area contributed by atoms with Crippen LogP contribution in [0, 0.1) is 0 Å². The van der Waals surface area contributed by atoms with Gasteiger partial charge in [0.1, 0.15) is 5.75 Å². The summed E-state index contributed by atoms with van der Waals surface area (Å²) in [4.78, 5) is 11.8. The van der Waals surface area contributed by atoms with E-state index in [-0.39, 0.29) is 12.5 Å². The van der Waals surface area contributed by atoms with E-state index in [0.29, 0.717) is 22.1 Å². The molecular formula is C14H12BrClN2O2. The zero-order chi connectivity index (χ0) is 14.5. The van der Waals surface area contributed by atoms with Crippen LogP contribution in [-0.2, 0) is 4.79 Å². The molecule has 0 radical (unpaired) electrons. The van der Waals surface area contributed by atoms with Crippen molar-refractivity contribution in [2.75, 3.05) is 17.7 Å². The molecule has 0 saturated carbocycles. The van der Waals surface area contributed by atoms with Crippen molar-refractivity contribution in [2.45, 2.75) is 0 Å². The lowest BCUT2D eigenvalue weighted by Gasteiger charge is -2.10. The van der Waals surface area contributed by atoms with Gasteiger partial charge in [0, 0.05) is 4.47 Å². The Bertz CT molecular complexity index is 634. The Morgan fingerprint density at radius 1 is 1.30 bits per heavy atom. The van der Waals surface area contributed by atoms with Gasteiger partial charge in [-0.05, 0) is 30.3 Å². The molecule has 0 fully saturated rings. The number of anilines is 2. The second kappa shape index (κ2) is 6.63. The highest BCUT2D eigenvalue weighted by Gasteiger charge is 2.07. The molecule has 0 saturated heterocycles. The molecule has 104 valence electrons. The Kier molecular flexibility index (Phi) is 4.87. The van der Waals surface area contributed by atoms with Crippen LogP contribution in [0.2, 0.25) is 5.02 Å². The van der Waals surface area contributed by atoms with Gasteiger partial charge in [-0.25, -0.2) is 0 Å². The number of carbonyl (C=O) groups excluding carboxylic acids is 1. The standard InChI is InChI=1S/C14H12BrClN2O2/c15-9-5-6-13(11(17)7-9)20-8-14(19)18-12-4-2-1-3-10(12)16/h1-7H,8,17H2,(H,18,19). The van der Waals surface area contributed by atoms with Gasteiger partial charge in [-0.15, -0.1) is 0 Å². The molecule has 2 aromatic carbocycles. The van der Waals surface area contributed by atoms with E-state index >= 15 is 0 Å². The third kappa shape index (κ3) is 3.88. The van der Waals surface area contributed by atoms with E-state index in [1.807, 2.05) is 0 Å². The lowest BCUT2D eigenvalue weighted by molar-refractivity contribution is -0.118. The molecule has 0 aromatic heterocycles. The average molecular weight is 356 g/mol. The fraction of sp³-hybridized carbons (Fsp3) is 0.0714. The summed E-state index contributed by atoms with van der Waals surface area (Å²) in [6.45, 7) is -0.142. The monoisotopic (exact) mass is 354 g/mol. The lowest BCUT2D eigenvalue weighted by Crippen LogP contribution is -2.20. The van der Waals surface area contributed by atoms with Gasteiger partial charge in [-0.3, -0.25) is 4.79 Å². The summed E-state index contributed by atoms with van der Waals surface area (Å²) < 4.78 is 6.21. The number of rotatable bonds is 4. The number of hydrogen-bond acceptors (Lipinski definition) is 3. The van der Waals surface area contributed by atoms with Gasteiger partial charge >= 0.3 is 0 Å². The Morgan fingerprint density at radius 3 is 2.75 bits per heavy atom. The SMILES string of the molecule is Nc1cc(Br)ccc1OCC(=O)Nc1ccccc1Cl. The van der Waals surface area contributed by atoms with Crippen molar-refractivity contribution in [3.05, 3.63) is 52.0 Å². The first-order chi connectivity index (χ1) is 9.56. The minimum atomic E-state index is -0.305. The topological polar surface area (TPSA) is 64.3 Å². The van der Waals surface area contributed by atoms with Gasteiger partial charge in [0.2, 0.25) is 0 Å². The minimum Gasteiger partial charge on any atom is -0.482 e. The van der Waals surface area contributed by atoms with Crippen LogP contribution in [-0.4, -0.2) is 12.5 Å². The van der Waals surface area contributed by atoms with Crippen LogP contribution in [0.1, 0.15) is 0 Å². The number of halogens is 2. The fourth-order valence-electron chi connectivity index (χ4n) is 1.54. The van der Waals surface area contributed by atoms with Crippen molar-refractivity contribution in [3.8, 4) is 5.75 Å². The maximum absolute atomic E-state index is 11.8. The molecule has 0 spiro atoms. The van der Waals surface area contributed by atoms with Gasteiger partial charge in [0.25, 0.3) is 5.91 Å². The molecule has 0 aliphatic rings. The maximum Gasteiger partial charge on any atom is 0.262 e. The van der Waals surface area contributed by atoms with E-state index in [2.05, 4.69) is 21.2 Å². The number of nitrogens with two attached hydrogens (primary N) is 1. The highest BCUT2D eigenvalue weighted by Crippen LogP contribution is 2.25. The number of benzene rings is 2. The number of nitrogens with one attached hydrogen (secondary N) is 1. The second-order valence-corrected chi connectivity index (χ2v) is 5.32. The van der Waals surface area contributed by atoms with E-state index < -0.39 is 0 Å². The van der Waals surface area contributed by atoms with Crippen LogP contribution in [0.25, 0.3) is 0 Å². The summed E-state index contributed by atoms with van der Waals surface area (Å²) in [5.41, 5.74) is 6.79. The third-order valence-electron chi connectivity index (χ3n) is 2.48. The third-order valence-corrected chi connectivity index (χ3v) is 3.30. The van der Waals surface area contributed by atoms with E-state index in [1.54, 1.807) is 42.5 Å². The van der Waals surface area contributed by atoms with Crippen molar-refractivity contribution >= 4 is 44.8 Å². The smallest absolute Gasteiger partial charge is 0.262 e. The number of ether oxygens (including phenoxy) is 1. The first kappa shape index (κ1) is 14.7. The Hall–Kier alpha value is -1.72. The number of nitrogen functional groups attached to an aromatic ring is 1. The molecule has 2 rings (SSSR count). The molecule has 2 aromatic rings. The van der Waals surface area contributed by atoms with Crippen molar-refractivity contribution in [1.82, 2.24) is 0 Å². The second-order valence-electron chi connectivity index (χ2n) is 4.00. The molecule has 0 aliphatic heterocycles. The molecule has 3 N–H and O–H groups in total. The van der Waals surface area contributed by atoms with E-state index in [1.165, 1.54) is 0 Å². The molecule has 0 unspecified atom stereocenters. The van der Waals surface area contributed by atoms with Crippen LogP contribution in [0.3, 0.4) is 0 Å².